The summed E-state index contributed by atoms with van der Waals surface area (Å²) < 4.78 is 11.2. The summed E-state index contributed by atoms with van der Waals surface area (Å²) in [4.78, 5) is 25.4. The van der Waals surface area contributed by atoms with Crippen LogP contribution in [0.3, 0.4) is 0 Å². The molecule has 2 aromatic carbocycles. The topological polar surface area (TPSA) is 80.6 Å². The van der Waals surface area contributed by atoms with Crippen molar-refractivity contribution in [3.8, 4) is 5.75 Å². The number of hydrogen-bond acceptors (Lipinski definition) is 5. The molecular formula is C19H18N2O4. The fourth-order valence-electron chi connectivity index (χ4n) is 3.27. The Morgan fingerprint density at radius 3 is 2.88 bits per heavy atom. The van der Waals surface area contributed by atoms with Crippen LogP contribution in [-0.4, -0.2) is 25.6 Å². The molecule has 6 heteroatoms. The van der Waals surface area contributed by atoms with E-state index in [1.54, 1.807) is 36.4 Å². The van der Waals surface area contributed by atoms with Crippen LogP contribution in [0.4, 0.5) is 5.69 Å². The highest BCUT2D eigenvalue weighted by Gasteiger charge is 2.24. The van der Waals surface area contributed by atoms with Crippen LogP contribution < -0.4 is 20.8 Å². The van der Waals surface area contributed by atoms with Crippen LogP contribution in [0.5, 0.6) is 5.75 Å². The third-order valence-electron chi connectivity index (χ3n) is 4.55. The first-order valence-corrected chi connectivity index (χ1v) is 8.26. The van der Waals surface area contributed by atoms with Gasteiger partial charge in [0.2, 0.25) is 11.3 Å². The van der Waals surface area contributed by atoms with Crippen molar-refractivity contribution in [2.24, 2.45) is 0 Å². The molecule has 0 spiro atoms. The lowest BCUT2D eigenvalue weighted by atomic mass is 10.1. The van der Waals surface area contributed by atoms with E-state index in [-0.39, 0.29) is 17.4 Å². The molecule has 128 valence electrons. The molecule has 1 amide bonds. The normalized spacial score (nSPS) is 17.1. The van der Waals surface area contributed by atoms with Crippen LogP contribution in [0, 0.1) is 0 Å². The number of fused-ring (bicyclic) bond motifs is 2. The van der Waals surface area contributed by atoms with Gasteiger partial charge in [0.05, 0.1) is 29.6 Å². The van der Waals surface area contributed by atoms with E-state index in [1.165, 1.54) is 7.11 Å². The van der Waals surface area contributed by atoms with Gasteiger partial charge in [-0.1, -0.05) is 12.1 Å². The third-order valence-corrected chi connectivity index (χ3v) is 4.55. The second-order valence-corrected chi connectivity index (χ2v) is 6.09. The van der Waals surface area contributed by atoms with Crippen molar-refractivity contribution in [2.75, 3.05) is 19.0 Å². The number of benzene rings is 2. The van der Waals surface area contributed by atoms with Crippen LogP contribution in [-0.2, 0) is 4.79 Å². The lowest BCUT2D eigenvalue weighted by Gasteiger charge is -2.14. The van der Waals surface area contributed by atoms with Crippen LogP contribution in [0.15, 0.2) is 45.6 Å². The molecule has 2 heterocycles. The number of methoxy groups -OCH3 is 1. The highest BCUT2D eigenvalue weighted by Crippen LogP contribution is 2.32. The molecular weight excluding hydrogens is 320 g/mol. The number of ether oxygens (including phenoxy) is 1. The largest absolute Gasteiger partial charge is 0.493 e. The van der Waals surface area contributed by atoms with Gasteiger partial charge in [0, 0.05) is 0 Å². The SMILES string of the molecule is COc1ccc(NC(=O)[C@@H]2CCCN2)c2c(=O)c3ccccc3oc12. The minimum Gasteiger partial charge on any atom is -0.493 e. The van der Waals surface area contributed by atoms with Crippen molar-refractivity contribution in [1.82, 2.24) is 5.32 Å². The fraction of sp³-hybridized carbons (Fsp3) is 0.263. The first kappa shape index (κ1) is 15.7. The summed E-state index contributed by atoms with van der Waals surface area (Å²) in [6, 6.07) is 10.2. The molecule has 1 fully saturated rings. The number of hydrogen-bond donors (Lipinski definition) is 2. The molecule has 0 radical (unpaired) electrons. The Labute approximate surface area is 143 Å². The van der Waals surface area contributed by atoms with E-state index < -0.39 is 0 Å². The number of anilines is 1. The molecule has 1 aliphatic heterocycles. The number of nitrogens with one attached hydrogen (secondary N) is 2. The lowest BCUT2D eigenvalue weighted by molar-refractivity contribution is -0.117. The highest BCUT2D eigenvalue weighted by atomic mass is 16.5. The second-order valence-electron chi connectivity index (χ2n) is 6.09. The van der Waals surface area contributed by atoms with Gasteiger partial charge in [-0.3, -0.25) is 9.59 Å². The smallest absolute Gasteiger partial charge is 0.241 e. The van der Waals surface area contributed by atoms with E-state index in [0.29, 0.717) is 33.4 Å². The van der Waals surface area contributed by atoms with Crippen molar-refractivity contribution in [1.29, 1.82) is 0 Å². The molecule has 0 unspecified atom stereocenters. The van der Waals surface area contributed by atoms with Gasteiger partial charge in [-0.2, -0.15) is 0 Å². The Bertz CT molecular complexity index is 1020. The maximum absolute atomic E-state index is 13.0. The molecule has 6 nitrogen and oxygen atoms in total. The monoisotopic (exact) mass is 338 g/mol. The molecule has 0 bridgehead atoms. The first-order chi connectivity index (χ1) is 12.2. The molecule has 1 aromatic heterocycles. The van der Waals surface area contributed by atoms with Gasteiger partial charge in [0.25, 0.3) is 0 Å². The summed E-state index contributed by atoms with van der Waals surface area (Å²) >= 11 is 0. The summed E-state index contributed by atoms with van der Waals surface area (Å²) in [5.41, 5.74) is 1.07. The molecule has 3 aromatic rings. The number of carbonyl (C=O) groups excluding carboxylic acids is 1. The van der Waals surface area contributed by atoms with Crippen molar-refractivity contribution in [2.45, 2.75) is 18.9 Å². The van der Waals surface area contributed by atoms with Crippen LogP contribution in [0.2, 0.25) is 0 Å². The van der Waals surface area contributed by atoms with E-state index in [4.69, 9.17) is 9.15 Å². The van der Waals surface area contributed by atoms with Gasteiger partial charge in [0.15, 0.2) is 11.3 Å². The lowest BCUT2D eigenvalue weighted by Crippen LogP contribution is -2.35. The predicted octanol–water partition coefficient (Wildman–Crippen LogP) is 2.65. The van der Waals surface area contributed by atoms with Crippen LogP contribution >= 0.6 is 0 Å². The number of rotatable bonds is 3. The van der Waals surface area contributed by atoms with Gasteiger partial charge < -0.3 is 19.8 Å². The van der Waals surface area contributed by atoms with Crippen LogP contribution in [0.1, 0.15) is 12.8 Å². The quantitative estimate of drug-likeness (QED) is 0.718. The minimum atomic E-state index is -0.232. The summed E-state index contributed by atoms with van der Waals surface area (Å²) in [5.74, 6) is 0.311. The Kier molecular flexibility index (Phi) is 3.89. The Morgan fingerprint density at radius 2 is 2.12 bits per heavy atom. The maximum atomic E-state index is 13.0. The van der Waals surface area contributed by atoms with Gasteiger partial charge in [-0.15, -0.1) is 0 Å². The maximum Gasteiger partial charge on any atom is 0.241 e. The molecule has 2 N–H and O–H groups in total. The molecule has 0 saturated carbocycles. The van der Waals surface area contributed by atoms with E-state index in [1.807, 2.05) is 0 Å². The Balaban J connectivity index is 1.91. The van der Waals surface area contributed by atoms with Gasteiger partial charge in [-0.05, 0) is 43.7 Å². The number of para-hydroxylation sites is 1. The molecule has 25 heavy (non-hydrogen) atoms. The van der Waals surface area contributed by atoms with E-state index in [9.17, 15) is 9.59 Å². The fourth-order valence-corrected chi connectivity index (χ4v) is 3.27. The van der Waals surface area contributed by atoms with E-state index >= 15 is 0 Å². The predicted molar refractivity (Wildman–Crippen MR) is 96.2 cm³/mol. The zero-order valence-electron chi connectivity index (χ0n) is 13.8. The average molecular weight is 338 g/mol. The Hall–Kier alpha value is -2.86. The molecule has 4 rings (SSSR count). The Morgan fingerprint density at radius 1 is 1.28 bits per heavy atom. The van der Waals surface area contributed by atoms with Crippen molar-refractivity contribution < 1.29 is 13.9 Å². The average Bonchev–Trinajstić information content (AvgIpc) is 3.17. The molecule has 1 aliphatic rings. The van der Waals surface area contributed by atoms with E-state index in [2.05, 4.69) is 10.6 Å². The van der Waals surface area contributed by atoms with Crippen molar-refractivity contribution >= 4 is 33.5 Å². The molecule has 1 atom stereocenters. The zero-order chi connectivity index (χ0) is 17.4. The third kappa shape index (κ3) is 2.64. The van der Waals surface area contributed by atoms with Crippen molar-refractivity contribution in [3.63, 3.8) is 0 Å². The van der Waals surface area contributed by atoms with Gasteiger partial charge in [0.1, 0.15) is 5.58 Å². The summed E-state index contributed by atoms with van der Waals surface area (Å²) in [6.45, 7) is 0.828. The zero-order valence-corrected chi connectivity index (χ0v) is 13.8. The summed E-state index contributed by atoms with van der Waals surface area (Å²) in [7, 11) is 1.52. The van der Waals surface area contributed by atoms with Gasteiger partial charge in [-0.25, -0.2) is 0 Å². The number of carbonyl (C=O) groups is 1. The summed E-state index contributed by atoms with van der Waals surface area (Å²) in [5, 5.41) is 6.81. The van der Waals surface area contributed by atoms with E-state index in [0.717, 1.165) is 19.4 Å². The first-order valence-electron chi connectivity index (χ1n) is 8.26. The second kappa shape index (κ2) is 6.22. The van der Waals surface area contributed by atoms with Crippen LogP contribution in [0.25, 0.3) is 21.9 Å². The summed E-state index contributed by atoms with van der Waals surface area (Å²) in [6.07, 6.45) is 1.76. The standard InChI is InChI=1S/C19H18N2O4/c1-24-15-9-8-12(21-19(23)13-6-4-10-20-13)16-17(22)11-5-2-3-7-14(11)25-18(15)16/h2-3,5,7-9,13,20H,4,6,10H2,1H3,(H,21,23)/t13-/m0/s1. The van der Waals surface area contributed by atoms with Gasteiger partial charge >= 0.3 is 0 Å². The highest BCUT2D eigenvalue weighted by molar-refractivity contribution is 6.06. The minimum absolute atomic E-state index is 0.142. The molecule has 0 aliphatic carbocycles. The molecule has 1 saturated heterocycles. The number of amides is 1. The van der Waals surface area contributed by atoms with Crippen molar-refractivity contribution in [3.05, 3.63) is 46.6 Å².